The highest BCUT2D eigenvalue weighted by molar-refractivity contribution is 9.10. The maximum atomic E-state index is 11.6. The van der Waals surface area contributed by atoms with Crippen LogP contribution in [0.5, 0.6) is 5.75 Å². The van der Waals surface area contributed by atoms with Gasteiger partial charge in [-0.1, -0.05) is 6.07 Å². The molecule has 2 rings (SSSR count). The zero-order valence-corrected chi connectivity index (χ0v) is 13.1. The number of rotatable bonds is 5. The van der Waals surface area contributed by atoms with Crippen LogP contribution in [0.1, 0.15) is 19.3 Å². The molecule has 0 aliphatic heterocycles. The van der Waals surface area contributed by atoms with Crippen molar-refractivity contribution in [1.82, 2.24) is 5.32 Å². The summed E-state index contributed by atoms with van der Waals surface area (Å²) in [4.78, 5) is 22.1. The van der Waals surface area contributed by atoms with Gasteiger partial charge in [0.15, 0.2) is 0 Å². The molecular formula is C13H16BrN3O4. The molecule has 7 nitrogen and oxygen atoms in total. The first kappa shape index (κ1) is 15.7. The van der Waals surface area contributed by atoms with Crippen LogP contribution in [-0.2, 0) is 4.79 Å². The molecule has 0 spiro atoms. The van der Waals surface area contributed by atoms with E-state index in [0.717, 1.165) is 0 Å². The van der Waals surface area contributed by atoms with Crippen molar-refractivity contribution in [1.29, 1.82) is 0 Å². The van der Waals surface area contributed by atoms with Gasteiger partial charge >= 0.3 is 5.69 Å². The lowest BCUT2D eigenvalue weighted by Crippen LogP contribution is -2.52. The van der Waals surface area contributed by atoms with Gasteiger partial charge in [0, 0.05) is 12.5 Å². The molecule has 1 aromatic carbocycles. The molecule has 2 unspecified atom stereocenters. The Labute approximate surface area is 130 Å². The fourth-order valence-corrected chi connectivity index (χ4v) is 3.05. The van der Waals surface area contributed by atoms with Crippen LogP contribution in [0, 0.1) is 10.1 Å². The maximum absolute atomic E-state index is 11.6. The van der Waals surface area contributed by atoms with Crippen LogP contribution in [0.2, 0.25) is 0 Å². The standard InChI is InChI=1S/C13H16BrN3O4/c1-16-13(12(15)18)6-5-8(7-13)21-11-9(14)3-2-4-10(11)17(19)20/h2-4,8,16H,5-7H2,1H3,(H2,15,18). The van der Waals surface area contributed by atoms with Crippen LogP contribution in [0.4, 0.5) is 5.69 Å². The number of para-hydroxylation sites is 1. The molecule has 0 bridgehead atoms. The average molecular weight is 358 g/mol. The highest BCUT2D eigenvalue weighted by Crippen LogP contribution is 2.39. The van der Waals surface area contributed by atoms with Crippen molar-refractivity contribution < 1.29 is 14.5 Å². The van der Waals surface area contributed by atoms with Crippen LogP contribution >= 0.6 is 15.9 Å². The zero-order chi connectivity index (χ0) is 15.6. The van der Waals surface area contributed by atoms with E-state index in [9.17, 15) is 14.9 Å². The highest BCUT2D eigenvalue weighted by atomic mass is 79.9. The predicted octanol–water partition coefficient (Wildman–Crippen LogP) is 1.73. The first-order chi connectivity index (χ1) is 9.89. The maximum Gasteiger partial charge on any atom is 0.312 e. The van der Waals surface area contributed by atoms with Gasteiger partial charge in [0.2, 0.25) is 11.7 Å². The number of nitro benzene ring substituents is 1. The summed E-state index contributed by atoms with van der Waals surface area (Å²) in [6.07, 6.45) is 1.23. The third-order valence-corrected chi connectivity index (χ3v) is 4.47. The Hall–Kier alpha value is -1.67. The number of carbonyl (C=O) groups is 1. The number of nitrogens with one attached hydrogen (secondary N) is 1. The van der Waals surface area contributed by atoms with E-state index < -0.39 is 16.4 Å². The van der Waals surface area contributed by atoms with Crippen molar-refractivity contribution in [3.05, 3.63) is 32.8 Å². The molecule has 8 heteroatoms. The first-order valence-corrected chi connectivity index (χ1v) is 7.27. The molecule has 1 aliphatic carbocycles. The summed E-state index contributed by atoms with van der Waals surface area (Å²) in [5, 5.41) is 14.0. The third kappa shape index (κ3) is 3.01. The van der Waals surface area contributed by atoms with E-state index in [2.05, 4.69) is 21.2 Å². The lowest BCUT2D eigenvalue weighted by molar-refractivity contribution is -0.386. The van der Waals surface area contributed by atoms with E-state index in [-0.39, 0.29) is 17.5 Å². The number of nitrogens with two attached hydrogens (primary N) is 1. The zero-order valence-electron chi connectivity index (χ0n) is 11.5. The van der Waals surface area contributed by atoms with Crippen molar-refractivity contribution in [3.63, 3.8) is 0 Å². The fourth-order valence-electron chi connectivity index (χ4n) is 2.60. The molecule has 0 saturated heterocycles. The molecule has 21 heavy (non-hydrogen) atoms. The van der Waals surface area contributed by atoms with E-state index in [4.69, 9.17) is 10.5 Å². The summed E-state index contributed by atoms with van der Waals surface area (Å²) < 4.78 is 6.28. The highest BCUT2D eigenvalue weighted by Gasteiger charge is 2.44. The Morgan fingerprint density at radius 2 is 2.33 bits per heavy atom. The molecule has 2 atom stereocenters. The van der Waals surface area contributed by atoms with Gasteiger partial charge in [-0.15, -0.1) is 0 Å². The Kier molecular flexibility index (Phi) is 4.48. The number of ether oxygens (including phenoxy) is 1. The second-order valence-electron chi connectivity index (χ2n) is 5.02. The lowest BCUT2D eigenvalue weighted by atomic mass is 9.97. The van der Waals surface area contributed by atoms with Crippen LogP contribution in [-0.4, -0.2) is 29.5 Å². The second kappa shape index (κ2) is 5.98. The topological polar surface area (TPSA) is 107 Å². The SMILES string of the molecule is CNC1(C(N)=O)CCC(Oc2c(Br)cccc2[N+](=O)[O-])C1. The quantitative estimate of drug-likeness (QED) is 0.616. The van der Waals surface area contributed by atoms with Gasteiger partial charge in [0.05, 0.1) is 9.40 Å². The number of nitrogens with zero attached hydrogens (tertiary/aromatic N) is 1. The molecule has 1 aromatic rings. The normalized spacial score (nSPS) is 24.8. The van der Waals surface area contributed by atoms with Crippen LogP contribution in [0.15, 0.2) is 22.7 Å². The number of benzene rings is 1. The largest absolute Gasteiger partial charge is 0.483 e. The summed E-state index contributed by atoms with van der Waals surface area (Å²) in [7, 11) is 1.67. The molecule has 0 radical (unpaired) electrons. The number of hydrogen-bond donors (Lipinski definition) is 2. The van der Waals surface area contributed by atoms with Crippen molar-refractivity contribution in [2.24, 2.45) is 5.73 Å². The van der Waals surface area contributed by atoms with Gasteiger partial charge in [-0.2, -0.15) is 0 Å². The minimum Gasteiger partial charge on any atom is -0.483 e. The van der Waals surface area contributed by atoms with E-state index in [1.807, 2.05) is 0 Å². The molecule has 1 saturated carbocycles. The Balaban J connectivity index is 2.21. The fraction of sp³-hybridized carbons (Fsp3) is 0.462. The summed E-state index contributed by atoms with van der Waals surface area (Å²) in [5.74, 6) is -0.249. The molecule has 3 N–H and O–H groups in total. The number of primary amides is 1. The second-order valence-corrected chi connectivity index (χ2v) is 5.88. The number of nitro groups is 1. The van der Waals surface area contributed by atoms with Crippen molar-refractivity contribution in [2.45, 2.75) is 30.9 Å². The average Bonchev–Trinajstić information content (AvgIpc) is 2.85. The third-order valence-electron chi connectivity index (χ3n) is 3.85. The van der Waals surface area contributed by atoms with Crippen LogP contribution in [0.25, 0.3) is 0 Å². The summed E-state index contributed by atoms with van der Waals surface area (Å²) in [5.41, 5.74) is 4.52. The van der Waals surface area contributed by atoms with Gasteiger partial charge < -0.3 is 15.8 Å². The van der Waals surface area contributed by atoms with Gasteiger partial charge in [-0.25, -0.2) is 0 Å². The Bertz CT molecular complexity index is 581. The van der Waals surface area contributed by atoms with E-state index in [1.54, 1.807) is 19.2 Å². The molecule has 0 aromatic heterocycles. The smallest absolute Gasteiger partial charge is 0.312 e. The minimum atomic E-state index is -0.805. The number of likely N-dealkylation sites (N-methyl/N-ethyl adjacent to an activating group) is 1. The van der Waals surface area contributed by atoms with E-state index in [1.165, 1.54) is 6.07 Å². The summed E-state index contributed by atoms with van der Waals surface area (Å²) in [6.45, 7) is 0. The van der Waals surface area contributed by atoms with Gasteiger partial charge in [-0.05, 0) is 41.9 Å². The van der Waals surface area contributed by atoms with E-state index in [0.29, 0.717) is 23.7 Å². The van der Waals surface area contributed by atoms with E-state index >= 15 is 0 Å². The Morgan fingerprint density at radius 3 is 2.86 bits per heavy atom. The monoisotopic (exact) mass is 357 g/mol. The predicted molar refractivity (Wildman–Crippen MR) is 80.0 cm³/mol. The number of carbonyl (C=O) groups excluding carboxylic acids is 1. The van der Waals surface area contributed by atoms with Crippen molar-refractivity contribution in [2.75, 3.05) is 7.05 Å². The summed E-state index contributed by atoms with van der Waals surface area (Å²) in [6, 6.07) is 4.64. The number of amides is 1. The first-order valence-electron chi connectivity index (χ1n) is 6.48. The van der Waals surface area contributed by atoms with Gasteiger partial charge in [0.25, 0.3) is 0 Å². The van der Waals surface area contributed by atoms with Crippen LogP contribution in [0.3, 0.4) is 0 Å². The number of hydrogen-bond acceptors (Lipinski definition) is 5. The lowest BCUT2D eigenvalue weighted by Gasteiger charge is -2.24. The molecule has 1 fully saturated rings. The minimum absolute atomic E-state index is 0.106. The molecule has 0 heterocycles. The molecule has 114 valence electrons. The molecule has 1 aliphatic rings. The number of halogens is 1. The summed E-state index contributed by atoms with van der Waals surface area (Å²) >= 11 is 3.26. The molecule has 1 amide bonds. The van der Waals surface area contributed by atoms with Gasteiger partial charge in [0.1, 0.15) is 11.6 Å². The van der Waals surface area contributed by atoms with Crippen molar-refractivity contribution >= 4 is 27.5 Å². The van der Waals surface area contributed by atoms with Crippen LogP contribution < -0.4 is 15.8 Å². The van der Waals surface area contributed by atoms with Crippen molar-refractivity contribution in [3.8, 4) is 5.75 Å². The Morgan fingerprint density at radius 1 is 1.62 bits per heavy atom. The van der Waals surface area contributed by atoms with Gasteiger partial charge in [-0.3, -0.25) is 14.9 Å². The molecular weight excluding hydrogens is 342 g/mol.